The van der Waals surface area contributed by atoms with Crippen LogP contribution in [0.15, 0.2) is 81.1 Å². The van der Waals surface area contributed by atoms with E-state index in [2.05, 4.69) is 4.72 Å². The molecule has 3 rings (SSSR count). The molecule has 0 spiro atoms. The lowest BCUT2D eigenvalue weighted by Crippen LogP contribution is -2.31. The highest BCUT2D eigenvalue weighted by Gasteiger charge is 2.33. The maximum Gasteiger partial charge on any atom is 0.240 e. The van der Waals surface area contributed by atoms with Crippen LogP contribution >= 0.6 is 11.6 Å². The minimum Gasteiger partial charge on any atom is -0.497 e. The Morgan fingerprint density at radius 2 is 1.59 bits per heavy atom. The molecule has 2 aromatic carbocycles. The number of benzene rings is 2. The number of furan rings is 1. The van der Waals surface area contributed by atoms with E-state index in [4.69, 9.17) is 20.8 Å². The first-order valence-corrected chi connectivity index (χ1v) is 11.8. The standard InChI is InChI=1S/C19H18ClNO6S2/c1-26-15-6-10-17(11-7-15)29(24,25)21-13-19(18-3-2-12-27-18)28(22,23)16-8-4-14(20)5-9-16/h2-12,19,21H,13H2,1H3. The molecule has 1 heterocycles. The predicted octanol–water partition coefficient (Wildman–Crippen LogP) is 3.44. The molecule has 0 saturated heterocycles. The van der Waals surface area contributed by atoms with E-state index in [0.717, 1.165) is 0 Å². The second kappa shape index (κ2) is 8.58. The molecular formula is C19H18ClNO6S2. The molecule has 3 aromatic rings. The largest absolute Gasteiger partial charge is 0.497 e. The van der Waals surface area contributed by atoms with Gasteiger partial charge in [0.2, 0.25) is 10.0 Å². The fourth-order valence-electron chi connectivity index (χ4n) is 2.65. The van der Waals surface area contributed by atoms with Crippen molar-refractivity contribution in [1.29, 1.82) is 0 Å². The Bertz CT molecular complexity index is 1160. The summed E-state index contributed by atoms with van der Waals surface area (Å²) in [5.74, 6) is 0.625. The van der Waals surface area contributed by atoms with Gasteiger partial charge in [0.15, 0.2) is 9.84 Å². The van der Waals surface area contributed by atoms with Crippen molar-refractivity contribution in [3.05, 3.63) is 77.7 Å². The fraction of sp³-hybridized carbons (Fsp3) is 0.158. The van der Waals surface area contributed by atoms with Crippen LogP contribution in [0.5, 0.6) is 5.75 Å². The fourth-order valence-corrected chi connectivity index (χ4v) is 5.52. The number of ether oxygens (including phenoxy) is 1. The van der Waals surface area contributed by atoms with Gasteiger partial charge in [0.05, 0.1) is 23.2 Å². The van der Waals surface area contributed by atoms with Crippen LogP contribution in [0.2, 0.25) is 5.02 Å². The first-order chi connectivity index (χ1) is 13.7. The third-order valence-corrected chi connectivity index (χ3v) is 7.97. The Labute approximate surface area is 174 Å². The van der Waals surface area contributed by atoms with Crippen molar-refractivity contribution in [2.75, 3.05) is 13.7 Å². The van der Waals surface area contributed by atoms with E-state index in [-0.39, 0.29) is 15.6 Å². The van der Waals surface area contributed by atoms with Gasteiger partial charge in [-0.05, 0) is 60.7 Å². The highest BCUT2D eigenvalue weighted by Crippen LogP contribution is 2.30. The van der Waals surface area contributed by atoms with Gasteiger partial charge < -0.3 is 9.15 Å². The molecule has 0 radical (unpaired) electrons. The lowest BCUT2D eigenvalue weighted by atomic mass is 10.3. The van der Waals surface area contributed by atoms with Crippen LogP contribution in [0, 0.1) is 0 Å². The number of rotatable bonds is 8. The van der Waals surface area contributed by atoms with E-state index in [1.54, 1.807) is 0 Å². The van der Waals surface area contributed by atoms with Crippen molar-refractivity contribution < 1.29 is 26.0 Å². The second-order valence-corrected chi connectivity index (χ2v) is 10.4. The van der Waals surface area contributed by atoms with E-state index in [9.17, 15) is 16.8 Å². The molecule has 29 heavy (non-hydrogen) atoms. The Morgan fingerprint density at radius 1 is 0.966 bits per heavy atom. The zero-order chi connectivity index (χ0) is 21.1. The molecule has 0 aliphatic rings. The van der Waals surface area contributed by atoms with Crippen molar-refractivity contribution in [1.82, 2.24) is 4.72 Å². The molecule has 10 heteroatoms. The van der Waals surface area contributed by atoms with E-state index < -0.39 is 31.7 Å². The van der Waals surface area contributed by atoms with Gasteiger partial charge in [0, 0.05) is 11.6 Å². The van der Waals surface area contributed by atoms with E-state index in [1.165, 1.54) is 74.0 Å². The summed E-state index contributed by atoms with van der Waals surface area (Å²) in [7, 11) is -6.44. The van der Waals surface area contributed by atoms with Crippen molar-refractivity contribution >= 4 is 31.5 Å². The molecular weight excluding hydrogens is 438 g/mol. The van der Waals surface area contributed by atoms with Crippen LogP contribution < -0.4 is 9.46 Å². The zero-order valence-electron chi connectivity index (χ0n) is 15.3. The van der Waals surface area contributed by atoms with E-state index >= 15 is 0 Å². The third-order valence-electron chi connectivity index (χ3n) is 4.21. The predicted molar refractivity (Wildman–Crippen MR) is 108 cm³/mol. The second-order valence-electron chi connectivity index (χ2n) is 6.03. The van der Waals surface area contributed by atoms with Crippen LogP contribution in [-0.4, -0.2) is 30.5 Å². The van der Waals surface area contributed by atoms with Crippen molar-refractivity contribution in [2.45, 2.75) is 15.0 Å². The van der Waals surface area contributed by atoms with Crippen molar-refractivity contribution in [2.24, 2.45) is 0 Å². The van der Waals surface area contributed by atoms with Gasteiger partial charge in [-0.25, -0.2) is 21.6 Å². The van der Waals surface area contributed by atoms with Gasteiger partial charge in [-0.1, -0.05) is 11.6 Å². The Kier molecular flexibility index (Phi) is 6.33. The molecule has 0 bridgehead atoms. The monoisotopic (exact) mass is 455 g/mol. The molecule has 154 valence electrons. The first-order valence-electron chi connectivity index (χ1n) is 8.40. The van der Waals surface area contributed by atoms with Gasteiger partial charge >= 0.3 is 0 Å². The highest BCUT2D eigenvalue weighted by atomic mass is 35.5. The average molecular weight is 456 g/mol. The normalized spacial score (nSPS) is 13.2. The molecule has 1 aromatic heterocycles. The van der Waals surface area contributed by atoms with Crippen LogP contribution in [-0.2, 0) is 19.9 Å². The summed E-state index contributed by atoms with van der Waals surface area (Å²) in [4.78, 5) is -0.00710. The Hall–Kier alpha value is -2.33. The number of nitrogens with one attached hydrogen (secondary N) is 1. The smallest absolute Gasteiger partial charge is 0.240 e. The van der Waals surface area contributed by atoms with Crippen LogP contribution in [0.1, 0.15) is 11.0 Å². The average Bonchev–Trinajstić information content (AvgIpc) is 3.22. The zero-order valence-corrected chi connectivity index (χ0v) is 17.7. The lowest BCUT2D eigenvalue weighted by molar-refractivity contribution is 0.414. The van der Waals surface area contributed by atoms with Crippen LogP contribution in [0.3, 0.4) is 0 Å². The molecule has 7 nitrogen and oxygen atoms in total. The number of sulfone groups is 1. The molecule has 1 unspecified atom stereocenters. The highest BCUT2D eigenvalue weighted by molar-refractivity contribution is 7.92. The summed E-state index contributed by atoms with van der Waals surface area (Å²) in [5, 5.41) is -0.870. The molecule has 1 atom stereocenters. The van der Waals surface area contributed by atoms with Gasteiger partial charge in [0.25, 0.3) is 0 Å². The minimum absolute atomic E-state index is 0.00643. The molecule has 0 amide bonds. The van der Waals surface area contributed by atoms with E-state index in [0.29, 0.717) is 10.8 Å². The quantitative estimate of drug-likeness (QED) is 0.558. The Balaban J connectivity index is 1.89. The summed E-state index contributed by atoms with van der Waals surface area (Å²) < 4.78 is 64.1. The number of sulfonamides is 1. The number of halogens is 1. The lowest BCUT2D eigenvalue weighted by Gasteiger charge is -2.17. The number of methoxy groups -OCH3 is 1. The molecule has 0 aliphatic heterocycles. The summed E-state index contributed by atoms with van der Waals surface area (Å²) in [6.07, 6.45) is 1.33. The van der Waals surface area contributed by atoms with Gasteiger partial charge in [0.1, 0.15) is 16.8 Å². The van der Waals surface area contributed by atoms with Gasteiger partial charge in [-0.2, -0.15) is 0 Å². The molecule has 0 saturated carbocycles. The maximum atomic E-state index is 13.1. The molecule has 0 aliphatic carbocycles. The third kappa shape index (κ3) is 4.81. The number of hydrogen-bond donors (Lipinski definition) is 1. The first kappa shape index (κ1) is 21.4. The van der Waals surface area contributed by atoms with Crippen LogP contribution in [0.4, 0.5) is 0 Å². The maximum absolute atomic E-state index is 13.1. The van der Waals surface area contributed by atoms with E-state index in [1.807, 2.05) is 0 Å². The summed E-state index contributed by atoms with van der Waals surface area (Å²) in [5.41, 5.74) is 0. The molecule has 1 N–H and O–H groups in total. The summed E-state index contributed by atoms with van der Waals surface area (Å²) in [6.45, 7) is -0.410. The van der Waals surface area contributed by atoms with Crippen molar-refractivity contribution in [3.63, 3.8) is 0 Å². The SMILES string of the molecule is COc1ccc(S(=O)(=O)NCC(c2ccco2)S(=O)(=O)c2ccc(Cl)cc2)cc1. The summed E-state index contributed by atoms with van der Waals surface area (Å²) >= 11 is 5.84. The topological polar surface area (TPSA) is 103 Å². The van der Waals surface area contributed by atoms with Crippen molar-refractivity contribution in [3.8, 4) is 5.75 Å². The molecule has 0 fully saturated rings. The number of hydrogen-bond acceptors (Lipinski definition) is 6. The van der Waals surface area contributed by atoms with Gasteiger partial charge in [-0.15, -0.1) is 0 Å². The minimum atomic E-state index is -3.96. The van der Waals surface area contributed by atoms with Gasteiger partial charge in [-0.3, -0.25) is 0 Å². The summed E-state index contributed by atoms with van der Waals surface area (Å²) in [6, 6.07) is 14.4. The van der Waals surface area contributed by atoms with Crippen LogP contribution in [0.25, 0.3) is 0 Å². The Morgan fingerprint density at radius 3 is 2.14 bits per heavy atom.